The Morgan fingerprint density at radius 3 is 3.00 bits per heavy atom. The molecule has 0 aromatic carbocycles. The highest BCUT2D eigenvalue weighted by Gasteiger charge is 2.43. The minimum Gasteiger partial charge on any atom is -0.340 e. The van der Waals surface area contributed by atoms with Crippen molar-refractivity contribution in [2.75, 3.05) is 26.2 Å². The molecular formula is C13H22N4O. The van der Waals surface area contributed by atoms with Crippen LogP contribution in [0, 0.1) is 12.8 Å². The van der Waals surface area contributed by atoms with Gasteiger partial charge >= 0.3 is 0 Å². The van der Waals surface area contributed by atoms with Crippen LogP contribution in [0.2, 0.25) is 0 Å². The summed E-state index contributed by atoms with van der Waals surface area (Å²) in [5.74, 6) is 2.38. The van der Waals surface area contributed by atoms with Gasteiger partial charge in [-0.15, -0.1) is 0 Å². The van der Waals surface area contributed by atoms with Gasteiger partial charge in [-0.1, -0.05) is 5.16 Å². The Morgan fingerprint density at radius 2 is 2.33 bits per heavy atom. The van der Waals surface area contributed by atoms with E-state index < -0.39 is 0 Å². The molecule has 2 fully saturated rings. The summed E-state index contributed by atoms with van der Waals surface area (Å²) in [6.45, 7) is 8.61. The molecule has 1 unspecified atom stereocenters. The molecule has 1 aromatic rings. The minimum atomic E-state index is 0.325. The predicted molar refractivity (Wildman–Crippen MR) is 68.3 cm³/mol. The number of nitrogens with zero attached hydrogens (tertiary/aromatic N) is 3. The molecule has 5 nitrogen and oxygen atoms in total. The zero-order valence-electron chi connectivity index (χ0n) is 11.3. The van der Waals surface area contributed by atoms with Crippen molar-refractivity contribution in [1.82, 2.24) is 20.4 Å². The van der Waals surface area contributed by atoms with Gasteiger partial charge < -0.3 is 9.84 Å². The molecule has 0 bridgehead atoms. The summed E-state index contributed by atoms with van der Waals surface area (Å²) in [5, 5.41) is 7.65. The molecule has 100 valence electrons. The van der Waals surface area contributed by atoms with Gasteiger partial charge in [0, 0.05) is 45.1 Å². The van der Waals surface area contributed by atoms with Gasteiger partial charge in [0.15, 0.2) is 5.82 Å². The van der Waals surface area contributed by atoms with Crippen molar-refractivity contribution in [3.05, 3.63) is 11.7 Å². The Kier molecular flexibility index (Phi) is 3.11. The van der Waals surface area contributed by atoms with Crippen molar-refractivity contribution in [3.63, 3.8) is 0 Å². The Labute approximate surface area is 108 Å². The van der Waals surface area contributed by atoms with E-state index in [9.17, 15) is 0 Å². The average molecular weight is 250 g/mol. The lowest BCUT2D eigenvalue weighted by Gasteiger charge is -2.42. The van der Waals surface area contributed by atoms with Gasteiger partial charge in [0.2, 0.25) is 5.89 Å². The van der Waals surface area contributed by atoms with Crippen LogP contribution in [0.15, 0.2) is 4.52 Å². The SMILES string of the molecule is Cc1nc(CCN2CCNC(C)(C3CC3)C2)no1. The number of aryl methyl sites for hydroxylation is 1. The topological polar surface area (TPSA) is 54.2 Å². The third kappa shape index (κ3) is 2.57. The van der Waals surface area contributed by atoms with Crippen molar-refractivity contribution in [1.29, 1.82) is 0 Å². The van der Waals surface area contributed by atoms with Gasteiger partial charge in [-0.25, -0.2) is 0 Å². The summed E-state index contributed by atoms with van der Waals surface area (Å²) in [4.78, 5) is 6.79. The lowest BCUT2D eigenvalue weighted by molar-refractivity contribution is 0.128. The number of hydrogen-bond donors (Lipinski definition) is 1. The maximum absolute atomic E-state index is 5.00. The van der Waals surface area contributed by atoms with Gasteiger partial charge in [-0.2, -0.15) is 4.98 Å². The quantitative estimate of drug-likeness (QED) is 0.864. The highest BCUT2D eigenvalue weighted by Crippen LogP contribution is 2.40. The average Bonchev–Trinajstić information content (AvgIpc) is 3.12. The molecule has 1 aliphatic carbocycles. The van der Waals surface area contributed by atoms with E-state index in [-0.39, 0.29) is 0 Å². The molecule has 2 heterocycles. The third-order valence-electron chi connectivity index (χ3n) is 4.21. The van der Waals surface area contributed by atoms with E-state index in [4.69, 9.17) is 4.52 Å². The smallest absolute Gasteiger partial charge is 0.223 e. The van der Waals surface area contributed by atoms with E-state index in [0.717, 1.165) is 44.3 Å². The lowest BCUT2D eigenvalue weighted by Crippen LogP contribution is -2.60. The van der Waals surface area contributed by atoms with Gasteiger partial charge in [0.05, 0.1) is 0 Å². The molecule has 2 aliphatic rings. The van der Waals surface area contributed by atoms with Crippen molar-refractivity contribution in [3.8, 4) is 0 Å². The van der Waals surface area contributed by atoms with E-state index in [1.807, 2.05) is 6.92 Å². The second-order valence-electron chi connectivity index (χ2n) is 5.87. The Hall–Kier alpha value is -0.940. The summed E-state index contributed by atoms with van der Waals surface area (Å²) >= 11 is 0. The molecule has 1 aromatic heterocycles. The first-order valence-electron chi connectivity index (χ1n) is 6.92. The fourth-order valence-electron chi connectivity index (χ4n) is 2.98. The van der Waals surface area contributed by atoms with Crippen LogP contribution in [0.4, 0.5) is 0 Å². The molecule has 3 rings (SSSR count). The molecule has 1 saturated carbocycles. The fourth-order valence-corrected chi connectivity index (χ4v) is 2.98. The molecule has 1 aliphatic heterocycles. The number of rotatable bonds is 4. The van der Waals surface area contributed by atoms with E-state index >= 15 is 0 Å². The van der Waals surface area contributed by atoms with Crippen LogP contribution in [0.3, 0.4) is 0 Å². The Bertz CT molecular complexity index is 415. The largest absolute Gasteiger partial charge is 0.340 e. The number of piperazine rings is 1. The summed E-state index contributed by atoms with van der Waals surface area (Å²) in [6, 6.07) is 0. The Morgan fingerprint density at radius 1 is 1.50 bits per heavy atom. The predicted octanol–water partition coefficient (Wildman–Crippen LogP) is 0.994. The monoisotopic (exact) mass is 250 g/mol. The normalized spacial score (nSPS) is 29.7. The zero-order valence-corrected chi connectivity index (χ0v) is 11.3. The van der Waals surface area contributed by atoms with Crippen molar-refractivity contribution in [2.24, 2.45) is 5.92 Å². The molecule has 1 N–H and O–H groups in total. The highest BCUT2D eigenvalue weighted by molar-refractivity contribution is 5.02. The molecule has 5 heteroatoms. The highest BCUT2D eigenvalue weighted by atomic mass is 16.5. The third-order valence-corrected chi connectivity index (χ3v) is 4.21. The van der Waals surface area contributed by atoms with Crippen LogP contribution >= 0.6 is 0 Å². The lowest BCUT2D eigenvalue weighted by atomic mass is 9.93. The van der Waals surface area contributed by atoms with E-state index in [1.54, 1.807) is 0 Å². The maximum Gasteiger partial charge on any atom is 0.223 e. The van der Waals surface area contributed by atoms with Crippen LogP contribution in [-0.2, 0) is 6.42 Å². The second-order valence-corrected chi connectivity index (χ2v) is 5.87. The first-order valence-corrected chi connectivity index (χ1v) is 6.92. The van der Waals surface area contributed by atoms with Gasteiger partial charge in [0.25, 0.3) is 0 Å². The molecule has 1 atom stereocenters. The van der Waals surface area contributed by atoms with Gasteiger partial charge in [0.1, 0.15) is 0 Å². The number of hydrogen-bond acceptors (Lipinski definition) is 5. The van der Waals surface area contributed by atoms with Gasteiger partial charge in [-0.3, -0.25) is 4.90 Å². The summed E-state index contributed by atoms with van der Waals surface area (Å²) < 4.78 is 5.00. The zero-order chi connectivity index (χ0) is 12.6. The molecule has 0 amide bonds. The standard InChI is InChI=1S/C13H22N4O/c1-10-15-12(16-18-10)5-7-17-8-6-14-13(2,9-17)11-3-4-11/h11,14H,3-9H2,1-2H3. The maximum atomic E-state index is 5.00. The van der Waals surface area contributed by atoms with E-state index in [0.29, 0.717) is 11.4 Å². The van der Waals surface area contributed by atoms with Crippen LogP contribution in [0.25, 0.3) is 0 Å². The van der Waals surface area contributed by atoms with Crippen molar-refractivity contribution in [2.45, 2.75) is 38.6 Å². The summed E-state index contributed by atoms with van der Waals surface area (Å²) in [6.07, 6.45) is 3.67. The minimum absolute atomic E-state index is 0.325. The second kappa shape index (κ2) is 4.63. The molecule has 0 radical (unpaired) electrons. The number of aromatic nitrogens is 2. The van der Waals surface area contributed by atoms with Crippen LogP contribution in [0.1, 0.15) is 31.5 Å². The Balaban J connectivity index is 1.53. The number of nitrogens with one attached hydrogen (secondary N) is 1. The summed E-state index contributed by atoms with van der Waals surface area (Å²) in [7, 11) is 0. The summed E-state index contributed by atoms with van der Waals surface area (Å²) in [5.41, 5.74) is 0.325. The first kappa shape index (κ1) is 12.1. The van der Waals surface area contributed by atoms with Crippen LogP contribution in [-0.4, -0.2) is 46.8 Å². The first-order chi connectivity index (χ1) is 8.66. The van der Waals surface area contributed by atoms with Crippen molar-refractivity contribution < 1.29 is 4.52 Å². The van der Waals surface area contributed by atoms with Crippen LogP contribution < -0.4 is 5.32 Å². The van der Waals surface area contributed by atoms with Crippen LogP contribution in [0.5, 0.6) is 0 Å². The molecular weight excluding hydrogens is 228 g/mol. The fraction of sp³-hybridized carbons (Fsp3) is 0.846. The molecule has 18 heavy (non-hydrogen) atoms. The van der Waals surface area contributed by atoms with Gasteiger partial charge in [-0.05, 0) is 25.7 Å². The molecule has 0 spiro atoms. The van der Waals surface area contributed by atoms with Crippen molar-refractivity contribution >= 4 is 0 Å². The van der Waals surface area contributed by atoms with E-state index in [2.05, 4.69) is 27.3 Å². The molecule has 1 saturated heterocycles. The van der Waals surface area contributed by atoms with E-state index in [1.165, 1.54) is 12.8 Å².